The van der Waals surface area contributed by atoms with Gasteiger partial charge in [0.25, 0.3) is 5.91 Å². The normalized spacial score (nSPS) is 18.4. The molecule has 3 nitrogen and oxygen atoms in total. The van der Waals surface area contributed by atoms with Gasteiger partial charge in [0, 0.05) is 13.1 Å². The molecular formula is C19H23NO2. The van der Waals surface area contributed by atoms with E-state index in [4.69, 9.17) is 4.42 Å². The van der Waals surface area contributed by atoms with E-state index in [9.17, 15) is 4.79 Å². The minimum absolute atomic E-state index is 0.0330. The summed E-state index contributed by atoms with van der Waals surface area (Å²) in [4.78, 5) is 14.3. The van der Waals surface area contributed by atoms with Gasteiger partial charge in [0.05, 0.1) is 6.26 Å². The first-order valence-corrected chi connectivity index (χ1v) is 8.11. The summed E-state index contributed by atoms with van der Waals surface area (Å²) in [5.74, 6) is 1.08. The Morgan fingerprint density at radius 1 is 1.27 bits per heavy atom. The first-order chi connectivity index (χ1) is 10.7. The van der Waals surface area contributed by atoms with Gasteiger partial charge in [-0.2, -0.15) is 0 Å². The van der Waals surface area contributed by atoms with Crippen molar-refractivity contribution in [2.75, 3.05) is 13.1 Å². The number of carbonyl (C=O) groups excluding carboxylic acids is 1. The van der Waals surface area contributed by atoms with Crippen LogP contribution in [-0.2, 0) is 6.42 Å². The van der Waals surface area contributed by atoms with Gasteiger partial charge in [-0.3, -0.25) is 4.79 Å². The Morgan fingerprint density at radius 3 is 2.91 bits per heavy atom. The third kappa shape index (κ3) is 3.41. The highest BCUT2D eigenvalue weighted by molar-refractivity contribution is 5.91. The van der Waals surface area contributed by atoms with Gasteiger partial charge in [-0.1, -0.05) is 24.3 Å². The number of piperidine rings is 1. The van der Waals surface area contributed by atoms with Gasteiger partial charge in [-0.25, -0.2) is 0 Å². The van der Waals surface area contributed by atoms with E-state index in [1.807, 2.05) is 4.90 Å². The molecule has 1 aromatic carbocycles. The van der Waals surface area contributed by atoms with E-state index >= 15 is 0 Å². The molecule has 3 rings (SSSR count). The molecule has 2 heterocycles. The summed E-state index contributed by atoms with van der Waals surface area (Å²) in [6, 6.07) is 12.1. The maximum atomic E-state index is 12.4. The average Bonchev–Trinajstić information content (AvgIpc) is 3.08. The Balaban J connectivity index is 1.57. The Morgan fingerprint density at radius 2 is 2.14 bits per heavy atom. The third-order valence-electron chi connectivity index (χ3n) is 4.62. The molecule has 1 atom stereocenters. The molecule has 116 valence electrons. The van der Waals surface area contributed by atoms with Crippen LogP contribution in [0.2, 0.25) is 0 Å². The molecule has 1 saturated heterocycles. The summed E-state index contributed by atoms with van der Waals surface area (Å²) in [6.45, 7) is 3.87. The molecule has 22 heavy (non-hydrogen) atoms. The van der Waals surface area contributed by atoms with Crippen LogP contribution in [0, 0.1) is 12.8 Å². The fourth-order valence-corrected chi connectivity index (χ4v) is 3.29. The quantitative estimate of drug-likeness (QED) is 0.852. The smallest absolute Gasteiger partial charge is 0.289 e. The summed E-state index contributed by atoms with van der Waals surface area (Å²) in [6.07, 6.45) is 6.11. The molecule has 1 aliphatic rings. The van der Waals surface area contributed by atoms with Crippen molar-refractivity contribution in [1.29, 1.82) is 0 Å². The number of amides is 1. The summed E-state index contributed by atoms with van der Waals surface area (Å²) < 4.78 is 5.24. The summed E-state index contributed by atoms with van der Waals surface area (Å²) in [5, 5.41) is 0. The molecule has 0 N–H and O–H groups in total. The lowest BCUT2D eigenvalue weighted by molar-refractivity contribution is 0.0636. The first-order valence-electron chi connectivity index (χ1n) is 8.11. The second-order valence-electron chi connectivity index (χ2n) is 6.20. The average molecular weight is 297 g/mol. The maximum absolute atomic E-state index is 12.4. The van der Waals surface area contributed by atoms with Crippen molar-refractivity contribution in [3.63, 3.8) is 0 Å². The van der Waals surface area contributed by atoms with Crippen molar-refractivity contribution in [2.24, 2.45) is 5.92 Å². The fraction of sp³-hybridized carbons (Fsp3) is 0.421. The van der Waals surface area contributed by atoms with Gasteiger partial charge < -0.3 is 9.32 Å². The van der Waals surface area contributed by atoms with Gasteiger partial charge in [-0.05, 0) is 61.8 Å². The number of hydrogen-bond donors (Lipinski definition) is 0. The minimum atomic E-state index is 0.0330. The molecule has 0 spiro atoms. The molecule has 0 bridgehead atoms. The highest BCUT2D eigenvalue weighted by atomic mass is 16.3. The van der Waals surface area contributed by atoms with Crippen molar-refractivity contribution in [2.45, 2.75) is 32.6 Å². The molecule has 1 aliphatic heterocycles. The Kier molecular flexibility index (Phi) is 4.62. The van der Waals surface area contributed by atoms with E-state index < -0.39 is 0 Å². The summed E-state index contributed by atoms with van der Waals surface area (Å²) in [7, 11) is 0. The molecule has 1 amide bonds. The molecule has 1 fully saturated rings. The number of hydrogen-bond acceptors (Lipinski definition) is 2. The number of benzene rings is 1. The SMILES string of the molecule is Cc1ccccc1CC[C@H]1CCCN(C(=O)c2ccco2)C1. The van der Waals surface area contributed by atoms with Crippen molar-refractivity contribution >= 4 is 5.91 Å². The van der Waals surface area contributed by atoms with E-state index in [0.29, 0.717) is 11.7 Å². The predicted molar refractivity (Wildman–Crippen MR) is 86.8 cm³/mol. The minimum Gasteiger partial charge on any atom is -0.459 e. The van der Waals surface area contributed by atoms with E-state index in [0.717, 1.165) is 32.4 Å². The number of aryl methyl sites for hydroxylation is 2. The van der Waals surface area contributed by atoms with Crippen LogP contribution < -0.4 is 0 Å². The summed E-state index contributed by atoms with van der Waals surface area (Å²) >= 11 is 0. The van der Waals surface area contributed by atoms with Crippen LogP contribution in [0.25, 0.3) is 0 Å². The molecule has 3 heteroatoms. The Hall–Kier alpha value is -2.03. The number of carbonyl (C=O) groups is 1. The van der Waals surface area contributed by atoms with Crippen molar-refractivity contribution < 1.29 is 9.21 Å². The molecule has 0 saturated carbocycles. The van der Waals surface area contributed by atoms with Crippen LogP contribution >= 0.6 is 0 Å². The van der Waals surface area contributed by atoms with Gasteiger partial charge in [0.2, 0.25) is 0 Å². The zero-order valence-electron chi connectivity index (χ0n) is 13.1. The van der Waals surface area contributed by atoms with E-state index in [1.54, 1.807) is 18.4 Å². The van der Waals surface area contributed by atoms with Crippen LogP contribution in [-0.4, -0.2) is 23.9 Å². The van der Waals surface area contributed by atoms with Crippen molar-refractivity contribution in [3.05, 3.63) is 59.5 Å². The topological polar surface area (TPSA) is 33.5 Å². The number of furan rings is 1. The van der Waals surface area contributed by atoms with E-state index in [-0.39, 0.29) is 5.91 Å². The van der Waals surface area contributed by atoms with Crippen LogP contribution in [0.3, 0.4) is 0 Å². The van der Waals surface area contributed by atoms with Crippen LogP contribution in [0.15, 0.2) is 47.1 Å². The molecule has 0 aliphatic carbocycles. The largest absolute Gasteiger partial charge is 0.459 e. The van der Waals surface area contributed by atoms with Gasteiger partial charge in [0.15, 0.2) is 5.76 Å². The second-order valence-corrected chi connectivity index (χ2v) is 6.20. The van der Waals surface area contributed by atoms with Gasteiger partial charge >= 0.3 is 0 Å². The lowest BCUT2D eigenvalue weighted by Gasteiger charge is -2.32. The van der Waals surface area contributed by atoms with E-state index in [2.05, 4.69) is 31.2 Å². The van der Waals surface area contributed by atoms with Gasteiger partial charge in [0.1, 0.15) is 0 Å². The fourth-order valence-electron chi connectivity index (χ4n) is 3.29. The monoisotopic (exact) mass is 297 g/mol. The van der Waals surface area contributed by atoms with Crippen LogP contribution in [0.5, 0.6) is 0 Å². The summed E-state index contributed by atoms with van der Waals surface area (Å²) in [5.41, 5.74) is 2.79. The Labute approximate surface area is 131 Å². The number of likely N-dealkylation sites (tertiary alicyclic amines) is 1. The second kappa shape index (κ2) is 6.82. The molecule has 0 radical (unpaired) electrons. The van der Waals surface area contributed by atoms with Crippen molar-refractivity contribution in [3.8, 4) is 0 Å². The molecule has 1 aromatic heterocycles. The first kappa shape index (κ1) is 14.9. The number of rotatable bonds is 4. The van der Waals surface area contributed by atoms with Crippen LogP contribution in [0.1, 0.15) is 40.9 Å². The zero-order valence-corrected chi connectivity index (χ0v) is 13.1. The van der Waals surface area contributed by atoms with Gasteiger partial charge in [-0.15, -0.1) is 0 Å². The standard InChI is InChI=1S/C19H23NO2/c1-15-6-2-3-8-17(15)11-10-16-7-4-12-20(14-16)19(21)18-9-5-13-22-18/h2-3,5-6,8-9,13,16H,4,7,10-12,14H2,1H3/t16-/m1/s1. The zero-order chi connectivity index (χ0) is 15.4. The molecular weight excluding hydrogens is 274 g/mol. The highest BCUT2D eigenvalue weighted by Gasteiger charge is 2.25. The molecule has 0 unspecified atom stereocenters. The lowest BCUT2D eigenvalue weighted by Crippen LogP contribution is -2.39. The predicted octanol–water partition coefficient (Wildman–Crippen LogP) is 4.07. The van der Waals surface area contributed by atoms with Crippen LogP contribution in [0.4, 0.5) is 0 Å². The maximum Gasteiger partial charge on any atom is 0.289 e. The third-order valence-corrected chi connectivity index (χ3v) is 4.62. The van der Waals surface area contributed by atoms with E-state index in [1.165, 1.54) is 17.5 Å². The lowest BCUT2D eigenvalue weighted by atomic mass is 9.90. The Bertz CT molecular complexity index is 618. The highest BCUT2D eigenvalue weighted by Crippen LogP contribution is 2.23. The van der Waals surface area contributed by atoms with Crippen molar-refractivity contribution in [1.82, 2.24) is 4.90 Å². The number of nitrogens with zero attached hydrogens (tertiary/aromatic N) is 1. The molecule has 2 aromatic rings.